The standard InChI is InChI=1S/C8H10.2C2H6/c1-8-6-4-2-3-5-7-8;2*1-2/h2-4,6-7H,5H2,1H3;2*1-2H3. The molecule has 0 atom stereocenters. The second-order valence-corrected chi connectivity index (χ2v) is 1.97. The zero-order chi connectivity index (χ0) is 9.82. The minimum absolute atomic E-state index is 1.08. The van der Waals surface area contributed by atoms with Crippen LogP contribution in [0.4, 0.5) is 0 Å². The second-order valence-electron chi connectivity index (χ2n) is 1.97. The van der Waals surface area contributed by atoms with Crippen LogP contribution in [0, 0.1) is 0 Å². The van der Waals surface area contributed by atoms with E-state index < -0.39 is 0 Å². The fourth-order valence-electron chi connectivity index (χ4n) is 0.686. The van der Waals surface area contributed by atoms with Gasteiger partial charge in [-0.15, -0.1) is 0 Å². The highest BCUT2D eigenvalue weighted by molar-refractivity contribution is 5.24. The van der Waals surface area contributed by atoms with E-state index in [0.717, 1.165) is 6.42 Å². The van der Waals surface area contributed by atoms with Gasteiger partial charge in [-0.25, -0.2) is 0 Å². The van der Waals surface area contributed by atoms with Crippen molar-refractivity contribution < 1.29 is 0 Å². The third-order valence-corrected chi connectivity index (χ3v) is 1.18. The van der Waals surface area contributed by atoms with Crippen molar-refractivity contribution >= 4 is 0 Å². The smallest absolute Gasteiger partial charge is 0.0160 e. The normalized spacial score (nSPS) is 12.9. The molecule has 0 spiro atoms. The predicted octanol–water partition coefficient (Wildman–Crippen LogP) is 4.50. The number of hydrogen-bond acceptors (Lipinski definition) is 0. The average Bonchev–Trinajstić information content (AvgIpc) is 2.40. The molecule has 1 aliphatic rings. The van der Waals surface area contributed by atoms with Crippen LogP contribution in [0.15, 0.2) is 36.0 Å². The Morgan fingerprint density at radius 2 is 1.58 bits per heavy atom. The molecule has 0 aromatic rings. The summed E-state index contributed by atoms with van der Waals surface area (Å²) in [6, 6.07) is 0. The van der Waals surface area contributed by atoms with Crippen molar-refractivity contribution in [2.75, 3.05) is 0 Å². The van der Waals surface area contributed by atoms with Gasteiger partial charge < -0.3 is 0 Å². The van der Waals surface area contributed by atoms with Crippen molar-refractivity contribution in [1.29, 1.82) is 0 Å². The van der Waals surface area contributed by atoms with Gasteiger partial charge in [-0.1, -0.05) is 63.6 Å². The maximum Gasteiger partial charge on any atom is -0.0160 e. The van der Waals surface area contributed by atoms with Gasteiger partial charge in [-0.2, -0.15) is 0 Å². The van der Waals surface area contributed by atoms with Crippen LogP contribution < -0.4 is 0 Å². The van der Waals surface area contributed by atoms with E-state index >= 15 is 0 Å². The molecule has 0 bridgehead atoms. The van der Waals surface area contributed by atoms with Crippen LogP contribution >= 0.6 is 0 Å². The molecular formula is C12H22. The summed E-state index contributed by atoms with van der Waals surface area (Å²) in [6.07, 6.45) is 11.7. The summed E-state index contributed by atoms with van der Waals surface area (Å²) in [6.45, 7) is 10.1. The van der Waals surface area contributed by atoms with Crippen LogP contribution in [0.3, 0.4) is 0 Å². The van der Waals surface area contributed by atoms with Gasteiger partial charge in [0.25, 0.3) is 0 Å². The van der Waals surface area contributed by atoms with E-state index in [9.17, 15) is 0 Å². The summed E-state index contributed by atoms with van der Waals surface area (Å²) < 4.78 is 0. The first-order chi connectivity index (χ1) is 5.89. The third kappa shape index (κ3) is 9.22. The Kier molecular flexibility index (Phi) is 14.8. The molecule has 0 unspecified atom stereocenters. The van der Waals surface area contributed by atoms with Gasteiger partial charge in [-0.05, 0) is 13.3 Å². The fraction of sp³-hybridized carbons (Fsp3) is 0.500. The van der Waals surface area contributed by atoms with Crippen molar-refractivity contribution in [3.05, 3.63) is 36.0 Å². The summed E-state index contributed by atoms with van der Waals surface area (Å²) in [4.78, 5) is 0. The minimum atomic E-state index is 1.08. The molecule has 0 aromatic carbocycles. The summed E-state index contributed by atoms with van der Waals surface area (Å²) >= 11 is 0. The van der Waals surface area contributed by atoms with Crippen molar-refractivity contribution in [2.24, 2.45) is 0 Å². The zero-order valence-electron chi connectivity index (χ0n) is 9.09. The molecule has 0 fully saturated rings. The first-order valence-corrected chi connectivity index (χ1v) is 4.89. The molecule has 0 aromatic heterocycles. The van der Waals surface area contributed by atoms with Crippen molar-refractivity contribution in [3.63, 3.8) is 0 Å². The molecule has 1 aliphatic carbocycles. The zero-order valence-corrected chi connectivity index (χ0v) is 9.09. The maximum atomic E-state index is 2.21. The molecule has 0 saturated carbocycles. The van der Waals surface area contributed by atoms with Crippen LogP contribution in [0.1, 0.15) is 41.0 Å². The van der Waals surface area contributed by atoms with E-state index in [1.165, 1.54) is 5.57 Å². The minimum Gasteiger partial charge on any atom is -0.0807 e. The lowest BCUT2D eigenvalue weighted by Gasteiger charge is -1.82. The molecule has 0 heterocycles. The molecule has 0 amide bonds. The highest BCUT2D eigenvalue weighted by atomic mass is 13.9. The van der Waals surface area contributed by atoms with Gasteiger partial charge in [0.05, 0.1) is 0 Å². The number of hydrogen-bond donors (Lipinski definition) is 0. The molecule has 12 heavy (non-hydrogen) atoms. The summed E-state index contributed by atoms with van der Waals surface area (Å²) in [7, 11) is 0. The Morgan fingerprint density at radius 1 is 1.00 bits per heavy atom. The summed E-state index contributed by atoms with van der Waals surface area (Å²) in [5.41, 5.74) is 1.36. The Balaban J connectivity index is 0. The van der Waals surface area contributed by atoms with Gasteiger partial charge in [0.1, 0.15) is 0 Å². The lowest BCUT2D eigenvalue weighted by Crippen LogP contribution is -1.62. The average molecular weight is 166 g/mol. The molecule has 70 valence electrons. The highest BCUT2D eigenvalue weighted by Crippen LogP contribution is 2.01. The topological polar surface area (TPSA) is 0 Å². The Bertz CT molecular complexity index is 145. The van der Waals surface area contributed by atoms with Gasteiger partial charge in [0.2, 0.25) is 0 Å². The van der Waals surface area contributed by atoms with E-state index in [1.54, 1.807) is 0 Å². The Morgan fingerprint density at radius 3 is 2.17 bits per heavy atom. The molecule has 1 rings (SSSR count). The van der Waals surface area contributed by atoms with E-state index in [2.05, 4.69) is 37.3 Å². The SMILES string of the molecule is CC.CC.CC1=CCC=CC=C1. The highest BCUT2D eigenvalue weighted by Gasteiger charge is 1.81. The molecule has 0 heteroatoms. The van der Waals surface area contributed by atoms with E-state index in [0.29, 0.717) is 0 Å². The van der Waals surface area contributed by atoms with Gasteiger partial charge >= 0.3 is 0 Å². The second kappa shape index (κ2) is 12.9. The molecule has 0 N–H and O–H groups in total. The number of allylic oxidation sites excluding steroid dienone is 6. The van der Waals surface area contributed by atoms with E-state index in [4.69, 9.17) is 0 Å². The lowest BCUT2D eigenvalue weighted by atomic mass is 10.2. The predicted molar refractivity (Wildman–Crippen MR) is 59.4 cm³/mol. The molecule has 0 aliphatic heterocycles. The molecular weight excluding hydrogens is 144 g/mol. The van der Waals surface area contributed by atoms with Crippen molar-refractivity contribution in [3.8, 4) is 0 Å². The molecule has 0 radical (unpaired) electrons. The quantitative estimate of drug-likeness (QED) is 0.497. The Labute approximate surface area is 77.7 Å². The van der Waals surface area contributed by atoms with E-state index in [1.807, 2.05) is 27.7 Å². The maximum absolute atomic E-state index is 2.21. The number of rotatable bonds is 0. The summed E-state index contributed by atoms with van der Waals surface area (Å²) in [5, 5.41) is 0. The van der Waals surface area contributed by atoms with Crippen LogP contribution in [0.2, 0.25) is 0 Å². The van der Waals surface area contributed by atoms with Crippen LogP contribution in [0.5, 0.6) is 0 Å². The van der Waals surface area contributed by atoms with Crippen molar-refractivity contribution in [2.45, 2.75) is 41.0 Å². The summed E-state index contributed by atoms with van der Waals surface area (Å²) in [5.74, 6) is 0. The first-order valence-electron chi connectivity index (χ1n) is 4.89. The van der Waals surface area contributed by atoms with Crippen molar-refractivity contribution in [1.82, 2.24) is 0 Å². The van der Waals surface area contributed by atoms with Crippen LogP contribution in [-0.4, -0.2) is 0 Å². The first kappa shape index (κ1) is 13.8. The fourth-order valence-corrected chi connectivity index (χ4v) is 0.686. The Hall–Kier alpha value is -0.780. The monoisotopic (exact) mass is 166 g/mol. The largest absolute Gasteiger partial charge is 0.0807 e. The lowest BCUT2D eigenvalue weighted by molar-refractivity contribution is 1.35. The van der Waals surface area contributed by atoms with Gasteiger partial charge in [0, 0.05) is 0 Å². The molecule has 0 saturated heterocycles. The van der Waals surface area contributed by atoms with Gasteiger partial charge in [0.15, 0.2) is 0 Å². The van der Waals surface area contributed by atoms with Crippen LogP contribution in [0.25, 0.3) is 0 Å². The third-order valence-electron chi connectivity index (χ3n) is 1.18. The van der Waals surface area contributed by atoms with E-state index in [-0.39, 0.29) is 0 Å². The van der Waals surface area contributed by atoms with Gasteiger partial charge in [-0.3, -0.25) is 0 Å². The molecule has 0 nitrogen and oxygen atoms in total. The van der Waals surface area contributed by atoms with Crippen LogP contribution in [-0.2, 0) is 0 Å².